The molecule has 1 aliphatic rings. The van der Waals surface area contributed by atoms with E-state index in [1.54, 1.807) is 0 Å². The topological polar surface area (TPSA) is 0 Å². The molecule has 0 radical (unpaired) electrons. The number of hydrogen-bond donors (Lipinski definition) is 0. The number of hydrogen-bond acceptors (Lipinski definition) is 0. The van der Waals surface area contributed by atoms with E-state index in [-0.39, 0.29) is 12.8 Å². The van der Waals surface area contributed by atoms with E-state index in [2.05, 4.69) is 26.0 Å². The van der Waals surface area contributed by atoms with Crippen LogP contribution in [-0.4, -0.2) is 5.92 Å². The Morgan fingerprint density at radius 1 is 1.12 bits per heavy atom. The zero-order chi connectivity index (χ0) is 12.5. The van der Waals surface area contributed by atoms with Crippen LogP contribution < -0.4 is 0 Å². The van der Waals surface area contributed by atoms with Crippen LogP contribution >= 0.6 is 0 Å². The molecule has 0 heterocycles. The molecule has 0 bridgehead atoms. The van der Waals surface area contributed by atoms with Gasteiger partial charge in [-0.25, -0.2) is 8.78 Å². The van der Waals surface area contributed by atoms with Gasteiger partial charge in [0.05, 0.1) is 0 Å². The Hall–Kier alpha value is -0.920. The molecule has 1 aromatic carbocycles. The van der Waals surface area contributed by atoms with E-state index in [9.17, 15) is 8.78 Å². The Bertz CT molecular complexity index is 372. The van der Waals surface area contributed by atoms with Gasteiger partial charge in [0.25, 0.3) is 0 Å². The first-order valence-electron chi connectivity index (χ1n) is 6.46. The molecule has 0 aromatic heterocycles. The second-order valence-electron chi connectivity index (χ2n) is 5.41. The van der Waals surface area contributed by atoms with Crippen LogP contribution in [-0.2, 0) is 0 Å². The molecule has 0 spiro atoms. The number of alkyl halides is 2. The third kappa shape index (κ3) is 2.85. The fourth-order valence-corrected chi connectivity index (χ4v) is 2.76. The van der Waals surface area contributed by atoms with Crippen molar-refractivity contribution in [3.05, 3.63) is 35.4 Å². The highest BCUT2D eigenvalue weighted by Gasteiger charge is 2.35. The van der Waals surface area contributed by atoms with Crippen LogP contribution in [0.2, 0.25) is 0 Å². The number of benzene rings is 1. The summed E-state index contributed by atoms with van der Waals surface area (Å²) >= 11 is 0. The monoisotopic (exact) mass is 238 g/mol. The zero-order valence-electron chi connectivity index (χ0n) is 10.5. The van der Waals surface area contributed by atoms with Gasteiger partial charge >= 0.3 is 0 Å². The van der Waals surface area contributed by atoms with Gasteiger partial charge in [-0.15, -0.1) is 0 Å². The molecule has 1 aromatic rings. The predicted molar refractivity (Wildman–Crippen MR) is 66.7 cm³/mol. The van der Waals surface area contributed by atoms with Gasteiger partial charge in [0.2, 0.25) is 5.92 Å². The number of rotatable bonds is 2. The Labute approximate surface area is 102 Å². The minimum absolute atomic E-state index is 0.0457. The Kier molecular flexibility index (Phi) is 3.50. The molecule has 0 unspecified atom stereocenters. The summed E-state index contributed by atoms with van der Waals surface area (Å²) in [6.07, 6.45) is 1.33. The molecular weight excluding hydrogens is 218 g/mol. The fraction of sp³-hybridized carbons (Fsp3) is 0.600. The summed E-state index contributed by atoms with van der Waals surface area (Å²) in [6, 6.07) is 8.31. The van der Waals surface area contributed by atoms with E-state index in [4.69, 9.17) is 0 Å². The van der Waals surface area contributed by atoms with Gasteiger partial charge in [0, 0.05) is 12.8 Å². The molecule has 17 heavy (non-hydrogen) atoms. The smallest absolute Gasteiger partial charge is 0.207 e. The summed E-state index contributed by atoms with van der Waals surface area (Å²) in [5.41, 5.74) is 2.61. The summed E-state index contributed by atoms with van der Waals surface area (Å²) in [4.78, 5) is 0. The van der Waals surface area contributed by atoms with Crippen LogP contribution in [0.5, 0.6) is 0 Å². The van der Waals surface area contributed by atoms with Gasteiger partial charge in [-0.05, 0) is 35.8 Å². The molecule has 0 aliphatic heterocycles. The number of halogens is 2. The molecule has 0 atom stereocenters. The normalized spacial score (nSPS) is 20.8. The first-order valence-corrected chi connectivity index (χ1v) is 6.46. The minimum atomic E-state index is -2.43. The average Bonchev–Trinajstić information content (AvgIpc) is 2.29. The van der Waals surface area contributed by atoms with E-state index in [1.807, 2.05) is 12.1 Å². The van der Waals surface area contributed by atoms with E-state index >= 15 is 0 Å². The zero-order valence-corrected chi connectivity index (χ0v) is 10.5. The molecule has 2 rings (SSSR count). The highest BCUT2D eigenvalue weighted by molar-refractivity contribution is 5.33. The van der Waals surface area contributed by atoms with Crippen molar-refractivity contribution in [2.75, 3.05) is 0 Å². The Balaban J connectivity index is 2.18. The molecule has 1 saturated carbocycles. The van der Waals surface area contributed by atoms with Gasteiger partial charge < -0.3 is 0 Å². The molecular formula is C15H20F2. The summed E-state index contributed by atoms with van der Waals surface area (Å²) in [5.74, 6) is -1.63. The fourth-order valence-electron chi connectivity index (χ4n) is 2.76. The van der Waals surface area contributed by atoms with Gasteiger partial charge in [0.15, 0.2) is 0 Å². The van der Waals surface area contributed by atoms with Crippen molar-refractivity contribution in [1.29, 1.82) is 0 Å². The highest BCUT2D eigenvalue weighted by Crippen LogP contribution is 2.42. The second-order valence-corrected chi connectivity index (χ2v) is 5.41. The maximum absolute atomic E-state index is 13.2. The van der Waals surface area contributed by atoms with Gasteiger partial charge in [-0.2, -0.15) is 0 Å². The average molecular weight is 238 g/mol. The molecule has 0 saturated heterocycles. The van der Waals surface area contributed by atoms with E-state index in [1.165, 1.54) is 11.1 Å². The van der Waals surface area contributed by atoms with Gasteiger partial charge in [-0.1, -0.05) is 38.1 Å². The summed E-state index contributed by atoms with van der Waals surface area (Å²) in [7, 11) is 0. The van der Waals surface area contributed by atoms with Crippen molar-refractivity contribution in [1.82, 2.24) is 0 Å². The first-order chi connectivity index (χ1) is 7.99. The van der Waals surface area contributed by atoms with Crippen LogP contribution in [0.3, 0.4) is 0 Å². The lowest BCUT2D eigenvalue weighted by atomic mass is 9.79. The minimum Gasteiger partial charge on any atom is -0.207 e. The van der Waals surface area contributed by atoms with Gasteiger partial charge in [-0.3, -0.25) is 0 Å². The molecule has 1 fully saturated rings. The Morgan fingerprint density at radius 2 is 1.71 bits per heavy atom. The van der Waals surface area contributed by atoms with Crippen molar-refractivity contribution in [3.63, 3.8) is 0 Å². The molecule has 2 heteroatoms. The quantitative estimate of drug-likeness (QED) is 0.672. The van der Waals surface area contributed by atoms with E-state index < -0.39 is 5.92 Å². The van der Waals surface area contributed by atoms with Crippen molar-refractivity contribution in [2.24, 2.45) is 0 Å². The second kappa shape index (κ2) is 4.75. The third-order valence-electron chi connectivity index (χ3n) is 3.77. The molecule has 0 nitrogen and oxygen atoms in total. The van der Waals surface area contributed by atoms with Crippen LogP contribution in [0, 0.1) is 0 Å². The van der Waals surface area contributed by atoms with E-state index in [0.29, 0.717) is 24.7 Å². The van der Waals surface area contributed by atoms with Crippen LogP contribution in [0.1, 0.15) is 62.5 Å². The van der Waals surface area contributed by atoms with Crippen molar-refractivity contribution in [3.8, 4) is 0 Å². The van der Waals surface area contributed by atoms with Crippen molar-refractivity contribution < 1.29 is 8.78 Å². The first kappa shape index (κ1) is 12.5. The molecule has 0 N–H and O–H groups in total. The van der Waals surface area contributed by atoms with Crippen LogP contribution in [0.25, 0.3) is 0 Å². The highest BCUT2D eigenvalue weighted by atomic mass is 19.3. The summed E-state index contributed by atoms with van der Waals surface area (Å²) in [5, 5.41) is 0. The SMILES string of the molecule is CC(C)c1ccccc1C1CCC(F)(F)CC1. The molecule has 94 valence electrons. The predicted octanol–water partition coefficient (Wildman–Crippen LogP) is 5.10. The maximum Gasteiger partial charge on any atom is 0.248 e. The summed E-state index contributed by atoms with van der Waals surface area (Å²) < 4.78 is 26.3. The van der Waals surface area contributed by atoms with Crippen LogP contribution in [0.15, 0.2) is 24.3 Å². The molecule has 0 amide bonds. The summed E-state index contributed by atoms with van der Waals surface area (Å²) in [6.45, 7) is 4.33. The van der Waals surface area contributed by atoms with Crippen LogP contribution in [0.4, 0.5) is 8.78 Å². The van der Waals surface area contributed by atoms with E-state index in [0.717, 1.165) is 0 Å². The van der Waals surface area contributed by atoms with Crippen molar-refractivity contribution >= 4 is 0 Å². The lowest BCUT2D eigenvalue weighted by Gasteiger charge is -2.30. The largest absolute Gasteiger partial charge is 0.248 e. The molecule has 1 aliphatic carbocycles. The third-order valence-corrected chi connectivity index (χ3v) is 3.77. The maximum atomic E-state index is 13.2. The van der Waals surface area contributed by atoms with Crippen molar-refractivity contribution in [2.45, 2.75) is 57.3 Å². The lowest BCUT2D eigenvalue weighted by Crippen LogP contribution is -2.24. The lowest BCUT2D eigenvalue weighted by molar-refractivity contribution is -0.0382. The Morgan fingerprint density at radius 3 is 2.29 bits per heavy atom. The standard InChI is InChI=1S/C15H20F2/c1-11(2)13-5-3-4-6-14(13)12-7-9-15(16,17)10-8-12/h3-6,11-12H,7-10H2,1-2H3. The van der Waals surface area contributed by atoms with Gasteiger partial charge in [0.1, 0.15) is 0 Å².